The van der Waals surface area contributed by atoms with Gasteiger partial charge in [-0.05, 0) is 67.9 Å². The summed E-state index contributed by atoms with van der Waals surface area (Å²) in [4.78, 5) is 24.6. The van der Waals surface area contributed by atoms with E-state index in [-0.39, 0.29) is 34.6 Å². The number of rotatable bonds is 2. The van der Waals surface area contributed by atoms with E-state index >= 15 is 0 Å². The van der Waals surface area contributed by atoms with Crippen LogP contribution in [0.4, 0.5) is 0 Å². The average molecular weight is 373 g/mol. The van der Waals surface area contributed by atoms with Crippen LogP contribution in [0.25, 0.3) is 0 Å². The number of carbonyl (C=O) groups excluding carboxylic acids is 2. The molecule has 4 nitrogen and oxygen atoms in total. The SMILES string of the molecule is CC1=C[C@H](O/C=C2\C(=O)O[C@]3(C)CCC4C(C)(C)CCC[C@]4(C)[C@@H]23)CC1=O. The summed E-state index contributed by atoms with van der Waals surface area (Å²) >= 11 is 0. The topological polar surface area (TPSA) is 52.6 Å². The van der Waals surface area contributed by atoms with Crippen LogP contribution < -0.4 is 0 Å². The number of fused-ring (bicyclic) bond motifs is 3. The Bertz CT molecular complexity index is 745. The van der Waals surface area contributed by atoms with Gasteiger partial charge < -0.3 is 9.47 Å². The number of hydrogen-bond donors (Lipinski definition) is 0. The minimum atomic E-state index is -0.442. The Morgan fingerprint density at radius 2 is 1.89 bits per heavy atom. The summed E-state index contributed by atoms with van der Waals surface area (Å²) in [6, 6.07) is 0. The Morgan fingerprint density at radius 3 is 2.56 bits per heavy atom. The van der Waals surface area contributed by atoms with Gasteiger partial charge in [-0.2, -0.15) is 0 Å². The predicted molar refractivity (Wildman–Crippen MR) is 103 cm³/mol. The van der Waals surface area contributed by atoms with E-state index in [9.17, 15) is 9.59 Å². The number of ketones is 1. The standard InChI is InChI=1S/C23H32O4/c1-14-11-15(12-17(14)24)26-13-16-19-22(4)9-6-8-21(2,3)18(22)7-10-23(19,5)27-20(16)25/h11,13,15,18-19H,6-10,12H2,1-5H3/b16-13-/t15-,18?,19+,22-,23+/m0/s1. The second kappa shape index (κ2) is 5.96. The molecule has 3 aliphatic carbocycles. The highest BCUT2D eigenvalue weighted by Crippen LogP contribution is 2.66. The van der Waals surface area contributed by atoms with Crippen molar-refractivity contribution < 1.29 is 19.1 Å². The van der Waals surface area contributed by atoms with Crippen LogP contribution in [0.15, 0.2) is 23.5 Å². The Balaban J connectivity index is 1.67. The maximum atomic E-state index is 12.8. The number of ether oxygens (including phenoxy) is 2. The molecule has 1 saturated heterocycles. The van der Waals surface area contributed by atoms with E-state index in [2.05, 4.69) is 27.7 Å². The first-order valence-electron chi connectivity index (χ1n) is 10.4. The molecule has 3 fully saturated rings. The van der Waals surface area contributed by atoms with Crippen LogP contribution in [-0.4, -0.2) is 23.5 Å². The van der Waals surface area contributed by atoms with Gasteiger partial charge in [0.1, 0.15) is 11.7 Å². The Hall–Kier alpha value is -1.58. The first-order chi connectivity index (χ1) is 12.6. The van der Waals surface area contributed by atoms with E-state index in [0.717, 1.165) is 24.8 Å². The quantitative estimate of drug-likeness (QED) is 0.399. The van der Waals surface area contributed by atoms with Gasteiger partial charge in [-0.25, -0.2) is 4.79 Å². The molecule has 148 valence electrons. The third kappa shape index (κ3) is 2.78. The summed E-state index contributed by atoms with van der Waals surface area (Å²) in [5, 5.41) is 0. The molecule has 1 heterocycles. The number of Topliss-reactive ketones (excluding diaryl/α,β-unsaturated/α-hetero) is 1. The number of hydrogen-bond acceptors (Lipinski definition) is 4. The normalized spacial score (nSPS) is 44.6. The minimum absolute atomic E-state index is 0.0351. The van der Waals surface area contributed by atoms with Crippen LogP contribution in [-0.2, 0) is 19.1 Å². The van der Waals surface area contributed by atoms with E-state index in [1.165, 1.54) is 12.8 Å². The average Bonchev–Trinajstić information content (AvgIpc) is 3.00. The molecule has 1 aliphatic heterocycles. The highest BCUT2D eigenvalue weighted by Gasteiger charge is 2.65. The zero-order valence-electron chi connectivity index (χ0n) is 17.3. The maximum Gasteiger partial charge on any atom is 0.338 e. The molecule has 4 heteroatoms. The first-order valence-corrected chi connectivity index (χ1v) is 10.4. The fourth-order valence-corrected chi connectivity index (χ4v) is 6.83. The lowest BCUT2D eigenvalue weighted by Crippen LogP contribution is -2.56. The van der Waals surface area contributed by atoms with E-state index in [4.69, 9.17) is 9.47 Å². The summed E-state index contributed by atoms with van der Waals surface area (Å²) in [6.07, 6.45) is 9.15. The maximum absolute atomic E-state index is 12.8. The summed E-state index contributed by atoms with van der Waals surface area (Å²) in [7, 11) is 0. The summed E-state index contributed by atoms with van der Waals surface area (Å²) < 4.78 is 11.8. The van der Waals surface area contributed by atoms with Gasteiger partial charge in [0.15, 0.2) is 5.78 Å². The molecular formula is C23H32O4. The van der Waals surface area contributed by atoms with Crippen LogP contribution in [0.5, 0.6) is 0 Å². The van der Waals surface area contributed by atoms with Crippen LogP contribution in [0.2, 0.25) is 0 Å². The van der Waals surface area contributed by atoms with Crippen molar-refractivity contribution in [2.45, 2.75) is 84.8 Å². The van der Waals surface area contributed by atoms with Gasteiger partial charge in [0.05, 0.1) is 18.3 Å². The van der Waals surface area contributed by atoms with Crippen molar-refractivity contribution in [3.63, 3.8) is 0 Å². The van der Waals surface area contributed by atoms with Gasteiger partial charge in [-0.1, -0.05) is 27.2 Å². The smallest absolute Gasteiger partial charge is 0.338 e. The Morgan fingerprint density at radius 1 is 1.15 bits per heavy atom. The molecule has 2 saturated carbocycles. The molecule has 4 rings (SSSR count). The van der Waals surface area contributed by atoms with Gasteiger partial charge in [-0.15, -0.1) is 0 Å². The van der Waals surface area contributed by atoms with Gasteiger partial charge >= 0.3 is 5.97 Å². The molecule has 0 bridgehead atoms. The van der Waals surface area contributed by atoms with Crippen molar-refractivity contribution >= 4 is 11.8 Å². The summed E-state index contributed by atoms with van der Waals surface area (Å²) in [5.41, 5.74) is 1.29. The van der Waals surface area contributed by atoms with Crippen molar-refractivity contribution in [2.24, 2.45) is 22.7 Å². The minimum Gasteiger partial charge on any atom is -0.493 e. The fraction of sp³-hybridized carbons (Fsp3) is 0.739. The predicted octanol–water partition coefficient (Wildman–Crippen LogP) is 4.73. The van der Waals surface area contributed by atoms with E-state index < -0.39 is 5.60 Å². The van der Waals surface area contributed by atoms with Gasteiger partial charge in [0.25, 0.3) is 0 Å². The molecule has 0 aromatic carbocycles. The van der Waals surface area contributed by atoms with Crippen LogP contribution in [0.1, 0.15) is 73.1 Å². The van der Waals surface area contributed by atoms with Crippen molar-refractivity contribution in [2.75, 3.05) is 0 Å². The molecule has 0 spiro atoms. The molecule has 0 radical (unpaired) electrons. The van der Waals surface area contributed by atoms with Gasteiger partial charge in [0, 0.05) is 5.92 Å². The Labute approximate surface area is 162 Å². The van der Waals surface area contributed by atoms with Crippen molar-refractivity contribution in [1.29, 1.82) is 0 Å². The highest BCUT2D eigenvalue weighted by molar-refractivity contribution is 5.97. The largest absolute Gasteiger partial charge is 0.493 e. The molecule has 0 N–H and O–H groups in total. The van der Waals surface area contributed by atoms with Crippen LogP contribution in [0.3, 0.4) is 0 Å². The molecule has 27 heavy (non-hydrogen) atoms. The number of allylic oxidation sites excluding steroid dienone is 1. The number of esters is 1. The second-order valence-corrected chi connectivity index (χ2v) is 10.3. The second-order valence-electron chi connectivity index (χ2n) is 10.3. The monoisotopic (exact) mass is 372 g/mol. The lowest BCUT2D eigenvalue weighted by Gasteiger charge is -2.59. The molecule has 0 amide bonds. The van der Waals surface area contributed by atoms with Crippen molar-refractivity contribution in [3.8, 4) is 0 Å². The van der Waals surface area contributed by atoms with Crippen molar-refractivity contribution in [3.05, 3.63) is 23.5 Å². The van der Waals surface area contributed by atoms with Crippen LogP contribution in [0, 0.1) is 22.7 Å². The highest BCUT2D eigenvalue weighted by atomic mass is 16.6. The third-order valence-electron chi connectivity index (χ3n) is 7.98. The van der Waals surface area contributed by atoms with E-state index in [0.29, 0.717) is 17.9 Å². The zero-order valence-corrected chi connectivity index (χ0v) is 17.3. The molecule has 0 aromatic rings. The van der Waals surface area contributed by atoms with E-state index in [1.807, 2.05) is 13.0 Å². The van der Waals surface area contributed by atoms with E-state index in [1.54, 1.807) is 6.26 Å². The van der Waals surface area contributed by atoms with Crippen LogP contribution >= 0.6 is 0 Å². The Kier molecular flexibility index (Phi) is 4.14. The first kappa shape index (κ1) is 18.8. The third-order valence-corrected chi connectivity index (χ3v) is 7.98. The van der Waals surface area contributed by atoms with Gasteiger partial charge in [0.2, 0.25) is 0 Å². The summed E-state index contributed by atoms with van der Waals surface area (Å²) in [6.45, 7) is 11.0. The number of carbonyl (C=O) groups is 2. The summed E-state index contributed by atoms with van der Waals surface area (Å²) in [5.74, 6) is 0.511. The lowest BCUT2D eigenvalue weighted by atomic mass is 9.45. The molecular weight excluding hydrogens is 340 g/mol. The molecule has 4 aliphatic rings. The van der Waals surface area contributed by atoms with Crippen molar-refractivity contribution in [1.82, 2.24) is 0 Å². The fourth-order valence-electron chi connectivity index (χ4n) is 6.83. The molecule has 5 atom stereocenters. The molecule has 0 aromatic heterocycles. The zero-order chi connectivity index (χ0) is 19.6. The molecule has 1 unspecified atom stereocenters. The lowest BCUT2D eigenvalue weighted by molar-refractivity contribution is -0.164. The van der Waals surface area contributed by atoms with Gasteiger partial charge in [-0.3, -0.25) is 4.79 Å².